The van der Waals surface area contributed by atoms with Crippen molar-refractivity contribution in [3.63, 3.8) is 0 Å². The average molecular weight is 233 g/mol. The third-order valence-electron chi connectivity index (χ3n) is 2.15. The van der Waals surface area contributed by atoms with Gasteiger partial charge in [0.15, 0.2) is 11.5 Å². The van der Waals surface area contributed by atoms with E-state index in [9.17, 15) is 4.79 Å². The van der Waals surface area contributed by atoms with Crippen LogP contribution in [0.25, 0.3) is 0 Å². The van der Waals surface area contributed by atoms with Crippen molar-refractivity contribution >= 4 is 17.4 Å². The molecule has 88 valence electrons. The number of nitrogen functional groups attached to an aromatic ring is 1. The molecule has 0 atom stereocenters. The number of hydrogen-bond acceptors (Lipinski definition) is 5. The lowest BCUT2D eigenvalue weighted by molar-refractivity contribution is 0.102. The van der Waals surface area contributed by atoms with Crippen molar-refractivity contribution in [3.8, 4) is 5.75 Å². The molecule has 2 rings (SSSR count). The molecule has 2 aromatic rings. The second-order valence-electron chi connectivity index (χ2n) is 3.21. The predicted octanol–water partition coefficient (Wildman–Crippen LogP) is 0.648. The molecular formula is C10H11N5O2. The van der Waals surface area contributed by atoms with Gasteiger partial charge in [0.1, 0.15) is 5.75 Å². The molecule has 0 saturated carbocycles. The number of H-pyrrole nitrogens is 1. The van der Waals surface area contributed by atoms with E-state index in [1.54, 1.807) is 24.3 Å². The Bertz CT molecular complexity index is 537. The lowest BCUT2D eigenvalue weighted by atomic mass is 10.3. The number of carbonyl (C=O) groups is 1. The second kappa shape index (κ2) is 4.52. The van der Waals surface area contributed by atoms with Crippen LogP contribution in [-0.2, 0) is 0 Å². The number of amides is 1. The van der Waals surface area contributed by atoms with Crippen LogP contribution in [0.3, 0.4) is 0 Å². The van der Waals surface area contributed by atoms with Gasteiger partial charge in [-0.2, -0.15) is 5.21 Å². The van der Waals surface area contributed by atoms with Gasteiger partial charge in [0.05, 0.1) is 12.8 Å². The van der Waals surface area contributed by atoms with Crippen molar-refractivity contribution in [2.24, 2.45) is 0 Å². The summed E-state index contributed by atoms with van der Waals surface area (Å²) in [4.78, 5) is 11.8. The van der Waals surface area contributed by atoms with Gasteiger partial charge in [-0.1, -0.05) is 12.1 Å². The van der Waals surface area contributed by atoms with E-state index < -0.39 is 5.91 Å². The third kappa shape index (κ3) is 2.17. The summed E-state index contributed by atoms with van der Waals surface area (Å²) >= 11 is 0. The van der Waals surface area contributed by atoms with Crippen molar-refractivity contribution in [1.29, 1.82) is 0 Å². The van der Waals surface area contributed by atoms with Crippen LogP contribution in [0.2, 0.25) is 0 Å². The fraction of sp³-hybridized carbons (Fsp3) is 0.100. The van der Waals surface area contributed by atoms with Gasteiger partial charge in [-0.05, 0) is 12.1 Å². The third-order valence-corrected chi connectivity index (χ3v) is 2.15. The monoisotopic (exact) mass is 233 g/mol. The molecule has 0 aliphatic carbocycles. The minimum absolute atomic E-state index is 0.0518. The number of para-hydroxylation sites is 2. The van der Waals surface area contributed by atoms with Gasteiger partial charge in [0.25, 0.3) is 5.91 Å². The molecule has 0 spiro atoms. The van der Waals surface area contributed by atoms with E-state index in [4.69, 9.17) is 10.5 Å². The lowest BCUT2D eigenvalue weighted by Gasteiger charge is -2.08. The van der Waals surface area contributed by atoms with Crippen LogP contribution in [0.1, 0.15) is 10.5 Å². The van der Waals surface area contributed by atoms with Crippen LogP contribution >= 0.6 is 0 Å². The largest absolute Gasteiger partial charge is 0.495 e. The molecule has 0 radical (unpaired) electrons. The highest BCUT2D eigenvalue weighted by atomic mass is 16.5. The van der Waals surface area contributed by atoms with E-state index in [2.05, 4.69) is 20.7 Å². The number of rotatable bonds is 3. The van der Waals surface area contributed by atoms with E-state index in [0.717, 1.165) is 0 Å². The van der Waals surface area contributed by atoms with E-state index >= 15 is 0 Å². The minimum atomic E-state index is -0.444. The molecular weight excluding hydrogens is 222 g/mol. The number of nitrogens with one attached hydrogen (secondary N) is 2. The Morgan fingerprint density at radius 1 is 1.41 bits per heavy atom. The number of benzene rings is 1. The Balaban J connectivity index is 2.22. The summed E-state index contributed by atoms with van der Waals surface area (Å²) in [5.41, 5.74) is 6.06. The van der Waals surface area contributed by atoms with Crippen molar-refractivity contribution in [3.05, 3.63) is 30.0 Å². The molecule has 4 N–H and O–H groups in total. The van der Waals surface area contributed by atoms with Gasteiger partial charge in [-0.3, -0.25) is 4.79 Å². The van der Waals surface area contributed by atoms with Crippen LogP contribution in [0.15, 0.2) is 24.3 Å². The normalized spacial score (nSPS) is 9.94. The molecule has 1 aromatic heterocycles. The summed E-state index contributed by atoms with van der Waals surface area (Å²) in [6.45, 7) is 0. The zero-order valence-electron chi connectivity index (χ0n) is 9.10. The SMILES string of the molecule is COc1ccccc1NC(=O)c1n[nH]nc1N. The zero-order chi connectivity index (χ0) is 12.3. The van der Waals surface area contributed by atoms with Crippen LogP contribution in [0, 0.1) is 0 Å². The maximum atomic E-state index is 11.8. The van der Waals surface area contributed by atoms with Crippen molar-refractivity contribution < 1.29 is 9.53 Å². The van der Waals surface area contributed by atoms with Gasteiger partial charge in [-0.25, -0.2) is 0 Å². The number of ether oxygens (including phenoxy) is 1. The highest BCUT2D eigenvalue weighted by Gasteiger charge is 2.15. The predicted molar refractivity (Wildman–Crippen MR) is 61.7 cm³/mol. The first-order valence-corrected chi connectivity index (χ1v) is 4.83. The first-order valence-electron chi connectivity index (χ1n) is 4.83. The van der Waals surface area contributed by atoms with Crippen molar-refractivity contribution in [2.45, 2.75) is 0 Å². The fourth-order valence-electron chi connectivity index (χ4n) is 1.34. The average Bonchev–Trinajstić information content (AvgIpc) is 2.76. The van der Waals surface area contributed by atoms with E-state index in [1.165, 1.54) is 7.11 Å². The quantitative estimate of drug-likeness (QED) is 0.721. The molecule has 0 aliphatic rings. The highest BCUT2D eigenvalue weighted by Crippen LogP contribution is 2.23. The molecule has 1 heterocycles. The standard InChI is InChI=1S/C10H11N5O2/c1-17-7-5-3-2-4-6(7)12-10(16)8-9(11)14-15-13-8/h2-5H,1H3,(H,12,16)(H3,11,13,14,15). The van der Waals surface area contributed by atoms with E-state index in [-0.39, 0.29) is 11.5 Å². The van der Waals surface area contributed by atoms with E-state index in [0.29, 0.717) is 11.4 Å². The van der Waals surface area contributed by atoms with Crippen LogP contribution < -0.4 is 15.8 Å². The minimum Gasteiger partial charge on any atom is -0.495 e. The number of anilines is 2. The first kappa shape index (κ1) is 10.9. The van der Waals surface area contributed by atoms with Crippen LogP contribution in [0.4, 0.5) is 11.5 Å². The second-order valence-corrected chi connectivity index (χ2v) is 3.21. The van der Waals surface area contributed by atoms with Crippen LogP contribution in [-0.4, -0.2) is 28.4 Å². The molecule has 1 aromatic carbocycles. The summed E-state index contributed by atoms with van der Waals surface area (Å²) in [5.74, 6) is 0.168. The summed E-state index contributed by atoms with van der Waals surface area (Å²) in [7, 11) is 1.52. The number of aromatic amines is 1. The number of methoxy groups -OCH3 is 1. The van der Waals surface area contributed by atoms with Gasteiger partial charge in [0, 0.05) is 0 Å². The summed E-state index contributed by atoms with van der Waals surface area (Å²) < 4.78 is 5.10. The van der Waals surface area contributed by atoms with Gasteiger partial charge in [-0.15, -0.1) is 10.2 Å². The molecule has 0 saturated heterocycles. The van der Waals surface area contributed by atoms with Gasteiger partial charge >= 0.3 is 0 Å². The number of nitrogens with two attached hydrogens (primary N) is 1. The zero-order valence-corrected chi connectivity index (χ0v) is 9.10. The van der Waals surface area contributed by atoms with Crippen molar-refractivity contribution in [2.75, 3.05) is 18.2 Å². The fourth-order valence-corrected chi connectivity index (χ4v) is 1.34. The number of carbonyl (C=O) groups excluding carboxylic acids is 1. The number of hydrogen-bond donors (Lipinski definition) is 3. The summed E-state index contributed by atoms with van der Waals surface area (Å²) in [6.07, 6.45) is 0. The molecule has 0 fully saturated rings. The smallest absolute Gasteiger partial charge is 0.280 e. The topological polar surface area (TPSA) is 106 Å². The summed E-state index contributed by atoms with van der Waals surface area (Å²) in [5, 5.41) is 12.1. The maximum Gasteiger partial charge on any atom is 0.280 e. The Labute approximate surface area is 97.0 Å². The van der Waals surface area contributed by atoms with Crippen molar-refractivity contribution in [1.82, 2.24) is 15.4 Å². The molecule has 0 aliphatic heterocycles. The molecule has 1 amide bonds. The Hall–Kier alpha value is -2.57. The Morgan fingerprint density at radius 3 is 2.82 bits per heavy atom. The molecule has 17 heavy (non-hydrogen) atoms. The van der Waals surface area contributed by atoms with Crippen LogP contribution in [0.5, 0.6) is 5.75 Å². The van der Waals surface area contributed by atoms with Gasteiger partial charge < -0.3 is 15.8 Å². The Kier molecular flexibility index (Phi) is 2.91. The number of aromatic nitrogens is 3. The first-order chi connectivity index (χ1) is 8.22. The summed E-state index contributed by atoms with van der Waals surface area (Å²) in [6, 6.07) is 7.04. The molecule has 0 bridgehead atoms. The van der Waals surface area contributed by atoms with Gasteiger partial charge in [0.2, 0.25) is 0 Å². The molecule has 0 unspecified atom stereocenters. The number of nitrogens with zero attached hydrogens (tertiary/aromatic N) is 2. The van der Waals surface area contributed by atoms with E-state index in [1.807, 2.05) is 0 Å². The molecule has 7 heteroatoms. The highest BCUT2D eigenvalue weighted by molar-refractivity contribution is 6.06. The molecule has 7 nitrogen and oxygen atoms in total. The lowest BCUT2D eigenvalue weighted by Crippen LogP contribution is -2.14. The Morgan fingerprint density at radius 2 is 2.18 bits per heavy atom. The maximum absolute atomic E-state index is 11.8.